The van der Waals surface area contributed by atoms with Gasteiger partial charge in [0.2, 0.25) is 11.8 Å². The Bertz CT molecular complexity index is 960. The maximum Gasteiger partial charge on any atom is 0.244 e. The van der Waals surface area contributed by atoms with E-state index in [0.29, 0.717) is 17.1 Å². The highest BCUT2D eigenvalue weighted by molar-refractivity contribution is 6.31. The van der Waals surface area contributed by atoms with Crippen molar-refractivity contribution in [3.63, 3.8) is 0 Å². The number of hydrogen-bond donors (Lipinski definition) is 1. The van der Waals surface area contributed by atoms with Crippen LogP contribution in [-0.4, -0.2) is 24.1 Å². The van der Waals surface area contributed by atoms with E-state index in [9.17, 15) is 14.0 Å². The molecule has 1 heterocycles. The van der Waals surface area contributed by atoms with Gasteiger partial charge < -0.3 is 10.2 Å². The lowest BCUT2D eigenvalue weighted by Gasteiger charge is -2.24. The lowest BCUT2D eigenvalue weighted by Crippen LogP contribution is -2.41. The van der Waals surface area contributed by atoms with Crippen LogP contribution in [0.25, 0.3) is 0 Å². The minimum atomic E-state index is -0.558. The molecule has 2 aliphatic rings. The Hall–Kier alpha value is -2.73. The summed E-state index contributed by atoms with van der Waals surface area (Å²) in [6, 6.07) is 11.3. The molecule has 1 atom stereocenters. The van der Waals surface area contributed by atoms with Crippen LogP contribution >= 0.6 is 11.6 Å². The first-order chi connectivity index (χ1) is 13.0. The van der Waals surface area contributed by atoms with Crippen LogP contribution in [0.2, 0.25) is 5.02 Å². The third-order valence-corrected chi connectivity index (χ3v) is 5.12. The Labute approximate surface area is 160 Å². The van der Waals surface area contributed by atoms with Gasteiger partial charge in [0.1, 0.15) is 12.4 Å². The number of nitrogens with zero attached hydrogens (tertiary/aromatic N) is 2. The van der Waals surface area contributed by atoms with E-state index in [1.165, 1.54) is 23.1 Å². The smallest absolute Gasteiger partial charge is 0.244 e. The minimum Gasteiger partial charge on any atom is -0.324 e. The standard InChI is InChI=1S/C20H17ClFN3O2/c21-14-10-12(8-9-15(14)22)23-19(26)11-25-18-7-2-1-5-17(18)24-16-6-3-4-13(16)20(25)27/h1-2,5,7-10,13H,3-4,6,11H2,(H,23,26)/t13-/m0/s1. The van der Waals surface area contributed by atoms with Gasteiger partial charge in [0.15, 0.2) is 0 Å². The summed E-state index contributed by atoms with van der Waals surface area (Å²) in [4.78, 5) is 31.8. The van der Waals surface area contributed by atoms with Gasteiger partial charge in [0.25, 0.3) is 0 Å². The average molecular weight is 386 g/mol. The van der Waals surface area contributed by atoms with Crippen molar-refractivity contribution in [3.8, 4) is 0 Å². The second-order valence-electron chi connectivity index (χ2n) is 6.64. The van der Waals surface area contributed by atoms with Crippen molar-refractivity contribution < 1.29 is 14.0 Å². The molecular formula is C20H17ClFN3O2. The molecule has 2 aromatic rings. The van der Waals surface area contributed by atoms with E-state index >= 15 is 0 Å². The fourth-order valence-corrected chi connectivity index (χ4v) is 3.74. The minimum absolute atomic E-state index is 0.0759. The van der Waals surface area contributed by atoms with Gasteiger partial charge in [0, 0.05) is 11.4 Å². The largest absolute Gasteiger partial charge is 0.324 e. The van der Waals surface area contributed by atoms with Gasteiger partial charge in [-0.2, -0.15) is 0 Å². The molecule has 1 aliphatic carbocycles. The SMILES string of the molecule is O=C(CN1C(=O)[C@H]2CCCC2=Nc2ccccc21)Nc1ccc(F)c(Cl)c1. The number of fused-ring (bicyclic) bond motifs is 2. The average Bonchev–Trinajstić information content (AvgIpc) is 3.07. The van der Waals surface area contributed by atoms with E-state index in [-0.39, 0.29) is 29.3 Å². The van der Waals surface area contributed by atoms with Gasteiger partial charge in [-0.3, -0.25) is 14.6 Å². The predicted molar refractivity (Wildman–Crippen MR) is 103 cm³/mol. The van der Waals surface area contributed by atoms with Crippen LogP contribution in [0.3, 0.4) is 0 Å². The predicted octanol–water partition coefficient (Wildman–Crippen LogP) is 4.34. The number of aliphatic imine (C=N–C) groups is 1. The molecule has 4 rings (SSSR count). The number of anilines is 2. The van der Waals surface area contributed by atoms with Crippen molar-refractivity contribution in [3.05, 3.63) is 53.3 Å². The molecule has 0 spiro atoms. The number of carbonyl (C=O) groups is 2. The number of benzene rings is 2. The van der Waals surface area contributed by atoms with Crippen molar-refractivity contribution in [1.29, 1.82) is 0 Å². The van der Waals surface area contributed by atoms with Crippen LogP contribution in [0.1, 0.15) is 19.3 Å². The monoisotopic (exact) mass is 385 g/mol. The summed E-state index contributed by atoms with van der Waals surface area (Å²) >= 11 is 5.76. The summed E-state index contributed by atoms with van der Waals surface area (Å²) < 4.78 is 13.3. The van der Waals surface area contributed by atoms with Gasteiger partial charge in [-0.05, 0) is 49.6 Å². The maximum atomic E-state index is 13.3. The molecule has 2 amide bonds. The molecule has 7 heteroatoms. The first-order valence-corrected chi connectivity index (χ1v) is 9.13. The van der Waals surface area contributed by atoms with Crippen LogP contribution in [0.15, 0.2) is 47.5 Å². The summed E-state index contributed by atoms with van der Waals surface area (Å²) in [6.45, 7) is -0.149. The van der Waals surface area contributed by atoms with Crippen LogP contribution in [0, 0.1) is 11.7 Å². The van der Waals surface area contributed by atoms with Gasteiger partial charge in [-0.15, -0.1) is 0 Å². The molecule has 0 bridgehead atoms. The van der Waals surface area contributed by atoms with Crippen molar-refractivity contribution in [2.75, 3.05) is 16.8 Å². The molecule has 0 radical (unpaired) electrons. The van der Waals surface area contributed by atoms with Crippen LogP contribution < -0.4 is 10.2 Å². The zero-order valence-corrected chi connectivity index (χ0v) is 15.2. The molecule has 2 aromatic carbocycles. The van der Waals surface area contributed by atoms with E-state index in [4.69, 9.17) is 11.6 Å². The Morgan fingerprint density at radius 2 is 2.11 bits per heavy atom. The number of amides is 2. The van der Waals surface area contributed by atoms with Gasteiger partial charge in [-0.25, -0.2) is 4.39 Å². The molecule has 0 aromatic heterocycles. The second-order valence-corrected chi connectivity index (χ2v) is 7.05. The van der Waals surface area contributed by atoms with Crippen LogP contribution in [0.5, 0.6) is 0 Å². The maximum absolute atomic E-state index is 13.3. The molecule has 27 heavy (non-hydrogen) atoms. The van der Waals surface area contributed by atoms with Crippen molar-refractivity contribution in [1.82, 2.24) is 0 Å². The number of halogens is 2. The highest BCUT2D eigenvalue weighted by Crippen LogP contribution is 2.37. The zero-order valence-electron chi connectivity index (χ0n) is 14.4. The molecular weight excluding hydrogens is 369 g/mol. The molecule has 0 unspecified atom stereocenters. The third kappa shape index (κ3) is 3.45. The first-order valence-electron chi connectivity index (χ1n) is 8.75. The Morgan fingerprint density at radius 1 is 1.30 bits per heavy atom. The number of para-hydroxylation sites is 2. The third-order valence-electron chi connectivity index (χ3n) is 4.83. The van der Waals surface area contributed by atoms with Crippen LogP contribution in [-0.2, 0) is 9.59 Å². The highest BCUT2D eigenvalue weighted by atomic mass is 35.5. The van der Waals surface area contributed by atoms with E-state index in [0.717, 1.165) is 25.0 Å². The number of carbonyl (C=O) groups excluding carboxylic acids is 2. The molecule has 1 N–H and O–H groups in total. The summed E-state index contributed by atoms with van der Waals surface area (Å²) in [7, 11) is 0. The number of nitrogens with one attached hydrogen (secondary N) is 1. The van der Waals surface area contributed by atoms with Crippen LogP contribution in [0.4, 0.5) is 21.5 Å². The molecule has 138 valence electrons. The Kier molecular flexibility index (Phi) is 4.66. The molecule has 1 saturated carbocycles. The van der Waals surface area contributed by atoms with E-state index in [1.807, 2.05) is 18.2 Å². The fraction of sp³-hybridized carbons (Fsp3) is 0.250. The molecule has 5 nitrogen and oxygen atoms in total. The van der Waals surface area contributed by atoms with Crippen molar-refractivity contribution in [2.45, 2.75) is 19.3 Å². The molecule has 1 aliphatic heterocycles. The van der Waals surface area contributed by atoms with E-state index in [2.05, 4.69) is 10.3 Å². The normalized spacial score (nSPS) is 18.4. The topological polar surface area (TPSA) is 61.8 Å². The van der Waals surface area contributed by atoms with Crippen molar-refractivity contribution >= 4 is 46.2 Å². The second kappa shape index (κ2) is 7.12. The first kappa shape index (κ1) is 17.7. The lowest BCUT2D eigenvalue weighted by atomic mass is 10.1. The summed E-state index contributed by atoms with van der Waals surface area (Å²) in [6.07, 6.45) is 2.47. The Balaban J connectivity index is 1.59. The summed E-state index contributed by atoms with van der Waals surface area (Å²) in [5.74, 6) is -1.33. The van der Waals surface area contributed by atoms with Gasteiger partial charge in [0.05, 0.1) is 22.3 Å². The quantitative estimate of drug-likeness (QED) is 0.854. The number of hydrogen-bond acceptors (Lipinski definition) is 3. The number of rotatable bonds is 3. The van der Waals surface area contributed by atoms with Gasteiger partial charge in [-0.1, -0.05) is 23.7 Å². The summed E-state index contributed by atoms with van der Waals surface area (Å²) in [5.41, 5.74) is 2.58. The highest BCUT2D eigenvalue weighted by Gasteiger charge is 2.37. The van der Waals surface area contributed by atoms with E-state index in [1.54, 1.807) is 6.07 Å². The Morgan fingerprint density at radius 3 is 2.93 bits per heavy atom. The fourth-order valence-electron chi connectivity index (χ4n) is 3.56. The zero-order chi connectivity index (χ0) is 19.0. The molecule has 1 fully saturated rings. The van der Waals surface area contributed by atoms with Crippen molar-refractivity contribution in [2.24, 2.45) is 10.9 Å². The summed E-state index contributed by atoms with van der Waals surface area (Å²) in [5, 5.41) is 2.59. The van der Waals surface area contributed by atoms with Gasteiger partial charge >= 0.3 is 0 Å². The van der Waals surface area contributed by atoms with E-state index < -0.39 is 5.82 Å². The molecule has 0 saturated heterocycles. The lowest BCUT2D eigenvalue weighted by molar-refractivity contribution is -0.122.